The minimum atomic E-state index is -0.0857. The summed E-state index contributed by atoms with van der Waals surface area (Å²) < 4.78 is 0. The van der Waals surface area contributed by atoms with Crippen molar-refractivity contribution in [3.8, 4) is 0 Å². The fourth-order valence-corrected chi connectivity index (χ4v) is 2.57. The minimum Gasteiger partial charge on any atom is -0.393 e. The highest BCUT2D eigenvalue weighted by atomic mass is 32.1. The van der Waals surface area contributed by atoms with Crippen LogP contribution in [0, 0.1) is 0 Å². The van der Waals surface area contributed by atoms with Crippen LogP contribution in [-0.2, 0) is 4.79 Å². The first-order valence-electron chi connectivity index (χ1n) is 6.76. The number of carbonyl (C=O) groups excluding carboxylic acids is 1. The Kier molecular flexibility index (Phi) is 6.02. The summed E-state index contributed by atoms with van der Waals surface area (Å²) in [5.74, 6) is 0.240. The van der Waals surface area contributed by atoms with Crippen molar-refractivity contribution in [3.05, 3.63) is 0 Å². The third-order valence-electron chi connectivity index (χ3n) is 3.55. The van der Waals surface area contributed by atoms with Gasteiger partial charge < -0.3 is 10.6 Å². The molecule has 1 aliphatic heterocycles. The normalized spacial score (nSPS) is 17.5. The number of carbonyl (C=O) groups is 1. The molecule has 0 aromatic rings. The molecule has 1 atom stereocenters. The molecule has 1 unspecified atom stereocenters. The number of thiocarbonyl (C=S) groups is 1. The molecule has 0 spiro atoms. The Morgan fingerprint density at radius 2 is 1.89 bits per heavy atom. The Labute approximate surface area is 115 Å². The lowest BCUT2D eigenvalue weighted by Crippen LogP contribution is -2.49. The maximum absolute atomic E-state index is 12.4. The summed E-state index contributed by atoms with van der Waals surface area (Å²) in [6, 6.07) is 0.235. The molecule has 0 aliphatic carbocycles. The molecular weight excluding hydrogens is 246 g/mol. The van der Waals surface area contributed by atoms with Crippen LogP contribution in [-0.4, -0.2) is 52.4 Å². The largest absolute Gasteiger partial charge is 0.393 e. The third-order valence-corrected chi connectivity index (χ3v) is 3.76. The Hall–Kier alpha value is -0.680. The van der Waals surface area contributed by atoms with Gasteiger partial charge in [0, 0.05) is 32.1 Å². The number of hydrogen-bond donors (Lipinski definition) is 1. The van der Waals surface area contributed by atoms with E-state index in [1.54, 1.807) is 0 Å². The van der Waals surface area contributed by atoms with E-state index >= 15 is 0 Å². The fourth-order valence-electron chi connectivity index (χ4n) is 2.48. The standard InChI is InChI=1S/C13H25N3OS/c1-10(2)16(9-6-12(14)18)11(3)13(17)15-7-4-5-8-15/h10-11H,4-9H2,1-3H3,(H2,14,18). The molecule has 0 aromatic carbocycles. The van der Waals surface area contributed by atoms with Crippen LogP contribution in [0.1, 0.15) is 40.0 Å². The smallest absolute Gasteiger partial charge is 0.239 e. The first-order valence-corrected chi connectivity index (χ1v) is 7.17. The van der Waals surface area contributed by atoms with Gasteiger partial charge in [-0.15, -0.1) is 0 Å². The molecule has 2 N–H and O–H groups in total. The van der Waals surface area contributed by atoms with Crippen LogP contribution in [0.15, 0.2) is 0 Å². The van der Waals surface area contributed by atoms with E-state index < -0.39 is 0 Å². The third kappa shape index (κ3) is 4.21. The van der Waals surface area contributed by atoms with Gasteiger partial charge in [-0.1, -0.05) is 12.2 Å². The van der Waals surface area contributed by atoms with Crippen LogP contribution < -0.4 is 5.73 Å². The van der Waals surface area contributed by atoms with Gasteiger partial charge in [0.1, 0.15) is 0 Å². The summed E-state index contributed by atoms with van der Waals surface area (Å²) in [6.45, 7) is 8.77. The second-order valence-corrected chi connectivity index (χ2v) is 5.78. The zero-order valence-electron chi connectivity index (χ0n) is 11.7. The van der Waals surface area contributed by atoms with Crippen LogP contribution >= 0.6 is 12.2 Å². The number of rotatable bonds is 6. The van der Waals surface area contributed by atoms with Crippen molar-refractivity contribution in [1.82, 2.24) is 9.80 Å². The predicted octanol–water partition coefficient (Wildman–Crippen LogP) is 1.38. The summed E-state index contributed by atoms with van der Waals surface area (Å²) in [5, 5.41) is 0. The molecule has 18 heavy (non-hydrogen) atoms. The lowest BCUT2D eigenvalue weighted by atomic mass is 10.1. The molecule has 104 valence electrons. The molecule has 1 rings (SSSR count). The van der Waals surface area contributed by atoms with Gasteiger partial charge in [0.2, 0.25) is 5.91 Å². The van der Waals surface area contributed by atoms with Crippen molar-refractivity contribution in [2.45, 2.75) is 52.1 Å². The van der Waals surface area contributed by atoms with Crippen molar-refractivity contribution in [2.24, 2.45) is 5.73 Å². The number of nitrogens with two attached hydrogens (primary N) is 1. The highest BCUT2D eigenvalue weighted by molar-refractivity contribution is 7.80. The Bertz CT molecular complexity index is 301. The van der Waals surface area contributed by atoms with E-state index in [-0.39, 0.29) is 11.9 Å². The van der Waals surface area contributed by atoms with E-state index in [2.05, 4.69) is 18.7 Å². The molecule has 0 radical (unpaired) electrons. The van der Waals surface area contributed by atoms with Crippen LogP contribution in [0.5, 0.6) is 0 Å². The van der Waals surface area contributed by atoms with E-state index in [4.69, 9.17) is 18.0 Å². The highest BCUT2D eigenvalue weighted by Crippen LogP contribution is 2.14. The summed E-state index contributed by atoms with van der Waals surface area (Å²) in [6.07, 6.45) is 2.94. The number of nitrogens with zero attached hydrogens (tertiary/aromatic N) is 2. The van der Waals surface area contributed by atoms with Gasteiger partial charge in [0.25, 0.3) is 0 Å². The molecular formula is C13H25N3OS. The van der Waals surface area contributed by atoms with Crippen LogP contribution in [0.2, 0.25) is 0 Å². The highest BCUT2D eigenvalue weighted by Gasteiger charge is 2.28. The zero-order valence-corrected chi connectivity index (χ0v) is 12.5. The van der Waals surface area contributed by atoms with E-state index in [9.17, 15) is 4.79 Å². The number of amides is 1. The van der Waals surface area contributed by atoms with Crippen LogP contribution in [0.3, 0.4) is 0 Å². The van der Waals surface area contributed by atoms with Crippen molar-refractivity contribution in [2.75, 3.05) is 19.6 Å². The first-order chi connectivity index (χ1) is 8.43. The van der Waals surface area contributed by atoms with E-state index in [1.165, 1.54) is 0 Å². The Morgan fingerprint density at radius 3 is 2.33 bits per heavy atom. The Balaban J connectivity index is 2.59. The molecule has 1 saturated heterocycles. The number of hydrogen-bond acceptors (Lipinski definition) is 3. The second kappa shape index (κ2) is 7.04. The van der Waals surface area contributed by atoms with Gasteiger partial charge in [-0.2, -0.15) is 0 Å². The van der Waals surface area contributed by atoms with E-state index in [1.807, 2.05) is 11.8 Å². The average molecular weight is 271 g/mol. The minimum absolute atomic E-state index is 0.0857. The van der Waals surface area contributed by atoms with Crippen molar-refractivity contribution in [3.63, 3.8) is 0 Å². The molecule has 5 heteroatoms. The van der Waals surface area contributed by atoms with Gasteiger partial charge >= 0.3 is 0 Å². The van der Waals surface area contributed by atoms with Gasteiger partial charge in [0.05, 0.1) is 11.0 Å². The molecule has 0 saturated carbocycles. The second-order valence-electron chi connectivity index (χ2n) is 5.26. The first kappa shape index (κ1) is 15.4. The molecule has 1 aliphatic rings. The molecule has 4 nitrogen and oxygen atoms in total. The maximum atomic E-state index is 12.4. The fraction of sp³-hybridized carbons (Fsp3) is 0.846. The lowest BCUT2D eigenvalue weighted by molar-refractivity contribution is -0.136. The van der Waals surface area contributed by atoms with Crippen molar-refractivity contribution >= 4 is 23.1 Å². The van der Waals surface area contributed by atoms with Crippen molar-refractivity contribution < 1.29 is 4.79 Å². The van der Waals surface area contributed by atoms with Gasteiger partial charge in [-0.05, 0) is 33.6 Å². The predicted molar refractivity (Wildman–Crippen MR) is 78.5 cm³/mol. The summed E-state index contributed by atoms with van der Waals surface area (Å²) in [5.41, 5.74) is 5.55. The van der Waals surface area contributed by atoms with Gasteiger partial charge in [0.15, 0.2) is 0 Å². The van der Waals surface area contributed by atoms with E-state index in [0.29, 0.717) is 17.5 Å². The summed E-state index contributed by atoms with van der Waals surface area (Å²) in [4.78, 5) is 17.0. The van der Waals surface area contributed by atoms with Crippen LogP contribution in [0.4, 0.5) is 0 Å². The SMILES string of the molecule is CC(C)N(CCC(N)=S)C(C)C(=O)N1CCCC1. The maximum Gasteiger partial charge on any atom is 0.239 e. The lowest BCUT2D eigenvalue weighted by Gasteiger charge is -2.34. The van der Waals surface area contributed by atoms with Crippen molar-refractivity contribution in [1.29, 1.82) is 0 Å². The molecule has 1 fully saturated rings. The summed E-state index contributed by atoms with van der Waals surface area (Å²) >= 11 is 4.92. The Morgan fingerprint density at radius 1 is 1.33 bits per heavy atom. The summed E-state index contributed by atoms with van der Waals surface area (Å²) in [7, 11) is 0. The van der Waals surface area contributed by atoms with Gasteiger partial charge in [-0.3, -0.25) is 9.69 Å². The number of likely N-dealkylation sites (tertiary alicyclic amines) is 1. The monoisotopic (exact) mass is 271 g/mol. The zero-order chi connectivity index (χ0) is 13.7. The molecule has 1 heterocycles. The topological polar surface area (TPSA) is 49.6 Å². The van der Waals surface area contributed by atoms with Gasteiger partial charge in [-0.25, -0.2) is 0 Å². The molecule has 0 bridgehead atoms. The molecule has 0 aromatic heterocycles. The van der Waals surface area contributed by atoms with Crippen LogP contribution in [0.25, 0.3) is 0 Å². The average Bonchev–Trinajstić information content (AvgIpc) is 2.80. The van der Waals surface area contributed by atoms with E-state index in [0.717, 1.165) is 32.5 Å². The molecule has 1 amide bonds. The quantitative estimate of drug-likeness (QED) is 0.742.